The molecule has 0 bridgehead atoms. The highest BCUT2D eigenvalue weighted by molar-refractivity contribution is 7.98. The average Bonchev–Trinajstić information content (AvgIpc) is 3.12. The van der Waals surface area contributed by atoms with Crippen LogP contribution in [0.3, 0.4) is 0 Å². The van der Waals surface area contributed by atoms with E-state index >= 15 is 0 Å². The lowest BCUT2D eigenvalue weighted by Gasteiger charge is -2.46. The molecule has 3 aromatic rings. The first-order valence-corrected chi connectivity index (χ1v) is 13.9. The fraction of sp³-hybridized carbons (Fsp3) is 0.464. The number of para-hydroxylation sites is 1. The van der Waals surface area contributed by atoms with Gasteiger partial charge in [-0.05, 0) is 57.9 Å². The van der Waals surface area contributed by atoms with Crippen LogP contribution in [0.5, 0.6) is 0 Å². The highest BCUT2D eigenvalue weighted by Crippen LogP contribution is 2.41. The Morgan fingerprint density at radius 2 is 2.05 bits per heavy atom. The van der Waals surface area contributed by atoms with E-state index in [9.17, 15) is 14.9 Å². The number of fused-ring (bicyclic) bond motifs is 1. The summed E-state index contributed by atoms with van der Waals surface area (Å²) in [5.41, 5.74) is 3.28. The van der Waals surface area contributed by atoms with Crippen molar-refractivity contribution in [2.24, 2.45) is 5.92 Å². The third-order valence-electron chi connectivity index (χ3n) is 7.91. The third kappa shape index (κ3) is 4.58. The van der Waals surface area contributed by atoms with Crippen LogP contribution in [0, 0.1) is 31.1 Å². The van der Waals surface area contributed by atoms with Crippen LogP contribution < -0.4 is 16.2 Å². The Morgan fingerprint density at radius 1 is 1.32 bits per heavy atom. The number of nitrogens with one attached hydrogen (secondary N) is 3. The third-order valence-corrected chi connectivity index (χ3v) is 8.72. The number of hydrogen-bond acceptors (Lipinski definition) is 6. The molecule has 1 atom stereocenters. The van der Waals surface area contributed by atoms with Gasteiger partial charge in [-0.25, -0.2) is 0 Å². The van der Waals surface area contributed by atoms with Crippen LogP contribution >= 0.6 is 11.8 Å². The van der Waals surface area contributed by atoms with Crippen LogP contribution in [0.25, 0.3) is 10.9 Å². The Hall–Kier alpha value is -3.06. The molecule has 3 N–H and O–H groups in total. The Labute approximate surface area is 220 Å². The summed E-state index contributed by atoms with van der Waals surface area (Å²) < 4.78 is 7.54. The lowest BCUT2D eigenvalue weighted by atomic mass is 9.74. The first-order valence-electron chi connectivity index (χ1n) is 12.7. The molecular weight excluding hydrogens is 486 g/mol. The number of carbonyl (C=O) groups excluding carboxylic acids is 1. The van der Waals surface area contributed by atoms with Gasteiger partial charge in [-0.15, -0.1) is 11.8 Å². The summed E-state index contributed by atoms with van der Waals surface area (Å²) in [6.45, 7) is 7.14. The van der Waals surface area contributed by atoms with Gasteiger partial charge in [0.05, 0.1) is 24.8 Å². The van der Waals surface area contributed by atoms with E-state index < -0.39 is 5.54 Å². The molecule has 1 aliphatic heterocycles. The second-order valence-electron chi connectivity index (χ2n) is 10.4. The number of aromatic amines is 1. The van der Waals surface area contributed by atoms with Crippen LogP contribution in [0.1, 0.15) is 53.1 Å². The zero-order valence-corrected chi connectivity index (χ0v) is 22.5. The second-order valence-corrected chi connectivity index (χ2v) is 11.2. The largest absolute Gasteiger partial charge is 0.375 e. The lowest BCUT2D eigenvalue weighted by Crippen LogP contribution is -2.64. The summed E-state index contributed by atoms with van der Waals surface area (Å²) in [4.78, 5) is 29.8. The number of amides is 1. The molecule has 1 aliphatic carbocycles. The van der Waals surface area contributed by atoms with E-state index in [1.165, 1.54) is 11.8 Å². The zero-order chi connectivity index (χ0) is 26.3. The van der Waals surface area contributed by atoms with Crippen molar-refractivity contribution in [1.29, 1.82) is 5.26 Å². The number of benzene rings is 1. The van der Waals surface area contributed by atoms with Crippen molar-refractivity contribution in [2.75, 3.05) is 19.5 Å². The second kappa shape index (κ2) is 10.0. The normalized spacial score (nSPS) is 21.1. The fourth-order valence-corrected chi connectivity index (χ4v) is 6.46. The number of aromatic nitrogens is 2. The predicted octanol–water partition coefficient (Wildman–Crippen LogP) is 3.82. The van der Waals surface area contributed by atoms with Gasteiger partial charge < -0.3 is 19.6 Å². The summed E-state index contributed by atoms with van der Waals surface area (Å²) in [6, 6.07) is 12.8. The van der Waals surface area contributed by atoms with Crippen molar-refractivity contribution >= 4 is 28.6 Å². The molecule has 1 amide bonds. The standard InChI is InChI=1S/C28H33N5O3S/c1-16-9-24(37-4)22(26(34)31-16)12-30-27(35)25-18(3)33(23-8-6-5-7-21(23)25)17(2)19-10-20(11-19)32-28(13-29)14-36-15-28/h5-9,17,19-20,32H,10-12,14-15H2,1-4H3,(H,30,35)(H,31,34)/t17-,19?,20?/m1/s1. The van der Waals surface area contributed by atoms with Gasteiger partial charge in [-0.3, -0.25) is 14.9 Å². The molecule has 8 nitrogen and oxygen atoms in total. The molecular formula is C28H33N5O3S. The monoisotopic (exact) mass is 519 g/mol. The summed E-state index contributed by atoms with van der Waals surface area (Å²) in [5.74, 6) is 0.260. The minimum Gasteiger partial charge on any atom is -0.375 e. The Morgan fingerprint density at radius 3 is 2.70 bits per heavy atom. The number of nitriles is 1. The molecule has 2 aromatic heterocycles. The van der Waals surface area contributed by atoms with E-state index in [1.54, 1.807) is 0 Å². The Kier molecular flexibility index (Phi) is 6.92. The van der Waals surface area contributed by atoms with Gasteiger partial charge in [0, 0.05) is 51.4 Å². The molecule has 1 saturated heterocycles. The van der Waals surface area contributed by atoms with E-state index in [4.69, 9.17) is 4.74 Å². The van der Waals surface area contributed by atoms with Gasteiger partial charge in [0.25, 0.3) is 11.5 Å². The number of hydrogen-bond donors (Lipinski definition) is 3. The van der Waals surface area contributed by atoms with Crippen molar-refractivity contribution in [3.8, 4) is 6.07 Å². The minimum absolute atomic E-state index is 0.166. The highest BCUT2D eigenvalue weighted by Gasteiger charge is 2.44. The van der Waals surface area contributed by atoms with Gasteiger partial charge in [0.2, 0.25) is 0 Å². The molecule has 2 aliphatic rings. The maximum Gasteiger partial charge on any atom is 0.254 e. The van der Waals surface area contributed by atoms with E-state index in [2.05, 4.69) is 39.2 Å². The van der Waals surface area contributed by atoms with Gasteiger partial charge >= 0.3 is 0 Å². The van der Waals surface area contributed by atoms with Crippen molar-refractivity contribution in [2.45, 2.75) is 62.7 Å². The number of H-pyrrole nitrogens is 1. The quantitative estimate of drug-likeness (QED) is 0.390. The molecule has 0 unspecified atom stereocenters. The first kappa shape index (κ1) is 25.6. The Balaban J connectivity index is 1.36. The van der Waals surface area contributed by atoms with E-state index in [0.717, 1.165) is 40.0 Å². The van der Waals surface area contributed by atoms with Crippen LogP contribution in [0.15, 0.2) is 40.0 Å². The number of nitrogens with zero attached hydrogens (tertiary/aromatic N) is 2. The zero-order valence-electron chi connectivity index (χ0n) is 21.7. The van der Waals surface area contributed by atoms with Gasteiger partial charge in [-0.2, -0.15) is 5.26 Å². The summed E-state index contributed by atoms with van der Waals surface area (Å²) in [7, 11) is 0. The van der Waals surface area contributed by atoms with Crippen molar-refractivity contribution in [3.63, 3.8) is 0 Å². The lowest BCUT2D eigenvalue weighted by molar-refractivity contribution is -0.0580. The summed E-state index contributed by atoms with van der Waals surface area (Å²) in [6.07, 6.45) is 3.89. The van der Waals surface area contributed by atoms with Gasteiger partial charge in [0.1, 0.15) is 0 Å². The average molecular weight is 520 g/mol. The van der Waals surface area contributed by atoms with E-state index in [0.29, 0.717) is 36.3 Å². The SMILES string of the molecule is CSc1cc(C)[nH]c(=O)c1CNC(=O)c1c(C)n([C@H](C)C2CC(NC3(C#N)COC3)C2)c2ccccc12. The topological polar surface area (TPSA) is 112 Å². The number of aryl methyl sites for hydroxylation is 1. The summed E-state index contributed by atoms with van der Waals surface area (Å²) in [5, 5.41) is 16.9. The molecule has 194 valence electrons. The molecule has 3 heterocycles. The van der Waals surface area contributed by atoms with Crippen molar-refractivity contribution in [3.05, 3.63) is 63.2 Å². The number of rotatable bonds is 8. The molecule has 5 rings (SSSR count). The van der Waals surface area contributed by atoms with Crippen molar-refractivity contribution < 1.29 is 9.53 Å². The Bertz CT molecular complexity index is 1440. The number of pyridine rings is 1. The molecule has 0 radical (unpaired) electrons. The van der Waals surface area contributed by atoms with Crippen molar-refractivity contribution in [1.82, 2.24) is 20.2 Å². The smallest absolute Gasteiger partial charge is 0.254 e. The molecule has 37 heavy (non-hydrogen) atoms. The highest BCUT2D eigenvalue weighted by atomic mass is 32.2. The molecule has 0 spiro atoms. The van der Waals surface area contributed by atoms with Crippen LogP contribution in [-0.2, 0) is 11.3 Å². The van der Waals surface area contributed by atoms with Gasteiger partial charge in [0.15, 0.2) is 5.54 Å². The van der Waals surface area contributed by atoms with Crippen LogP contribution in [0.2, 0.25) is 0 Å². The van der Waals surface area contributed by atoms with Crippen LogP contribution in [0.4, 0.5) is 0 Å². The predicted molar refractivity (Wildman–Crippen MR) is 145 cm³/mol. The van der Waals surface area contributed by atoms with E-state index in [1.807, 2.05) is 44.4 Å². The minimum atomic E-state index is -0.532. The van der Waals surface area contributed by atoms with E-state index in [-0.39, 0.29) is 24.1 Å². The van der Waals surface area contributed by atoms with Crippen LogP contribution in [-0.4, -0.2) is 46.5 Å². The molecule has 2 fully saturated rings. The summed E-state index contributed by atoms with van der Waals surface area (Å²) >= 11 is 1.50. The fourth-order valence-electron chi connectivity index (χ4n) is 5.76. The molecule has 1 saturated carbocycles. The number of carbonyl (C=O) groups is 1. The number of ether oxygens (including phenoxy) is 1. The maximum atomic E-state index is 13.5. The van der Waals surface area contributed by atoms with Gasteiger partial charge in [-0.1, -0.05) is 18.2 Å². The maximum absolute atomic E-state index is 13.5. The molecule has 9 heteroatoms. The molecule has 1 aromatic carbocycles. The number of thioether (sulfide) groups is 1. The first-order chi connectivity index (χ1) is 17.8.